The Kier molecular flexibility index (Phi) is 8.01. The number of piperazine rings is 1. The zero-order valence-electron chi connectivity index (χ0n) is 18.3. The van der Waals surface area contributed by atoms with Crippen molar-refractivity contribution in [1.29, 1.82) is 0 Å². The Morgan fingerprint density at radius 2 is 1.57 bits per heavy atom. The number of carbonyl (C=O) groups is 2. The lowest BCUT2D eigenvalue weighted by atomic mass is 10.0. The highest BCUT2D eigenvalue weighted by Gasteiger charge is 2.27. The molecule has 1 heterocycles. The van der Waals surface area contributed by atoms with Crippen LogP contribution in [0, 0.1) is 20.8 Å². The van der Waals surface area contributed by atoms with E-state index in [0.717, 1.165) is 56.1 Å². The van der Waals surface area contributed by atoms with Crippen molar-refractivity contribution in [2.24, 2.45) is 0 Å². The van der Waals surface area contributed by atoms with Crippen molar-refractivity contribution in [3.05, 3.63) is 28.8 Å². The van der Waals surface area contributed by atoms with Crippen molar-refractivity contribution < 1.29 is 9.59 Å². The van der Waals surface area contributed by atoms with Crippen LogP contribution in [-0.4, -0.2) is 78.4 Å². The number of rotatable bonds is 7. The second-order valence-corrected chi connectivity index (χ2v) is 7.82. The summed E-state index contributed by atoms with van der Waals surface area (Å²) < 4.78 is 0. The number of nitrogens with zero attached hydrogens (tertiary/aromatic N) is 3. The number of benzene rings is 1. The zero-order valence-corrected chi connectivity index (χ0v) is 18.3. The van der Waals surface area contributed by atoms with Gasteiger partial charge in [0.15, 0.2) is 0 Å². The summed E-state index contributed by atoms with van der Waals surface area (Å²) in [5.41, 5.74) is 4.32. The van der Waals surface area contributed by atoms with Crippen LogP contribution >= 0.6 is 0 Å². The molecule has 1 aromatic carbocycles. The van der Waals surface area contributed by atoms with Gasteiger partial charge in [-0.25, -0.2) is 0 Å². The van der Waals surface area contributed by atoms with Crippen molar-refractivity contribution in [2.45, 2.75) is 47.6 Å². The Bertz CT molecular complexity index is 669. The summed E-state index contributed by atoms with van der Waals surface area (Å²) in [5, 5.41) is 3.12. The van der Waals surface area contributed by atoms with Crippen LogP contribution in [0.5, 0.6) is 0 Å². The molecule has 0 radical (unpaired) electrons. The van der Waals surface area contributed by atoms with Crippen LogP contribution in [-0.2, 0) is 9.59 Å². The maximum Gasteiger partial charge on any atom is 0.241 e. The molecule has 6 nitrogen and oxygen atoms in total. The first-order chi connectivity index (χ1) is 13.3. The molecule has 0 saturated carbocycles. The monoisotopic (exact) mass is 388 g/mol. The maximum atomic E-state index is 12.8. The Labute approximate surface area is 169 Å². The molecule has 1 atom stereocenters. The summed E-state index contributed by atoms with van der Waals surface area (Å²) in [6.45, 7) is 17.3. The smallest absolute Gasteiger partial charge is 0.241 e. The Hall–Kier alpha value is -1.92. The minimum absolute atomic E-state index is 0.0303. The average molecular weight is 389 g/mol. The maximum absolute atomic E-state index is 12.8. The lowest BCUT2D eigenvalue weighted by Crippen LogP contribution is -2.54. The Balaban J connectivity index is 1.88. The summed E-state index contributed by atoms with van der Waals surface area (Å²) in [6, 6.07) is 4.00. The lowest BCUT2D eigenvalue weighted by Gasteiger charge is -2.37. The normalized spacial score (nSPS) is 16.6. The van der Waals surface area contributed by atoms with Crippen molar-refractivity contribution in [3.8, 4) is 0 Å². The van der Waals surface area contributed by atoms with E-state index >= 15 is 0 Å². The molecule has 0 bridgehead atoms. The molecule has 1 aliphatic rings. The fourth-order valence-electron chi connectivity index (χ4n) is 3.95. The molecule has 1 saturated heterocycles. The van der Waals surface area contributed by atoms with E-state index in [1.165, 1.54) is 5.56 Å². The van der Waals surface area contributed by atoms with Gasteiger partial charge in [-0.2, -0.15) is 0 Å². The number of hydrogen-bond acceptors (Lipinski definition) is 4. The fraction of sp³-hybridized carbons (Fsp3) is 0.636. The number of aryl methyl sites for hydroxylation is 3. The molecule has 0 aliphatic carbocycles. The predicted octanol–water partition coefficient (Wildman–Crippen LogP) is 2.42. The molecule has 2 amide bonds. The van der Waals surface area contributed by atoms with Gasteiger partial charge in [0, 0.05) is 45.0 Å². The van der Waals surface area contributed by atoms with Crippen LogP contribution in [0.15, 0.2) is 12.1 Å². The lowest BCUT2D eigenvalue weighted by molar-refractivity contribution is -0.133. The number of nitrogens with one attached hydrogen (secondary N) is 1. The number of amides is 2. The van der Waals surface area contributed by atoms with E-state index < -0.39 is 0 Å². The van der Waals surface area contributed by atoms with Crippen LogP contribution in [0.2, 0.25) is 0 Å². The topological polar surface area (TPSA) is 55.9 Å². The fourth-order valence-corrected chi connectivity index (χ4v) is 3.95. The quantitative estimate of drug-likeness (QED) is 0.779. The van der Waals surface area contributed by atoms with Crippen molar-refractivity contribution in [2.75, 3.05) is 51.1 Å². The van der Waals surface area contributed by atoms with E-state index in [0.29, 0.717) is 6.54 Å². The van der Waals surface area contributed by atoms with Crippen LogP contribution < -0.4 is 5.32 Å². The molecule has 1 N–H and O–H groups in total. The SMILES string of the molecule is CCN(CC)C(=O)CN1CCN(C(C)C(=O)Nc2c(C)cc(C)cc2C)CC1. The van der Waals surface area contributed by atoms with Crippen molar-refractivity contribution >= 4 is 17.5 Å². The van der Waals surface area contributed by atoms with Gasteiger partial charge in [-0.3, -0.25) is 19.4 Å². The molecule has 0 aromatic heterocycles. The van der Waals surface area contributed by atoms with Crippen molar-refractivity contribution in [1.82, 2.24) is 14.7 Å². The van der Waals surface area contributed by atoms with Crippen LogP contribution in [0.4, 0.5) is 5.69 Å². The molecular weight excluding hydrogens is 352 g/mol. The number of likely N-dealkylation sites (N-methyl/N-ethyl adjacent to an activating group) is 1. The molecule has 6 heteroatoms. The van der Waals surface area contributed by atoms with Gasteiger partial charge in [0.05, 0.1) is 12.6 Å². The summed E-state index contributed by atoms with van der Waals surface area (Å²) in [7, 11) is 0. The van der Waals surface area contributed by atoms with E-state index in [9.17, 15) is 9.59 Å². The highest BCUT2D eigenvalue weighted by atomic mass is 16.2. The van der Waals surface area contributed by atoms with Crippen LogP contribution in [0.25, 0.3) is 0 Å². The third-order valence-corrected chi connectivity index (χ3v) is 5.73. The second kappa shape index (κ2) is 10.0. The van der Waals surface area contributed by atoms with Gasteiger partial charge in [0.1, 0.15) is 0 Å². The van der Waals surface area contributed by atoms with Crippen molar-refractivity contribution in [3.63, 3.8) is 0 Å². The highest BCUT2D eigenvalue weighted by molar-refractivity contribution is 5.96. The van der Waals surface area contributed by atoms with Gasteiger partial charge in [0.25, 0.3) is 0 Å². The number of anilines is 1. The molecule has 156 valence electrons. The molecule has 1 unspecified atom stereocenters. The van der Waals surface area contributed by atoms with Gasteiger partial charge >= 0.3 is 0 Å². The Morgan fingerprint density at radius 1 is 1.04 bits per heavy atom. The van der Waals surface area contributed by atoms with Gasteiger partial charge in [0.2, 0.25) is 11.8 Å². The third-order valence-electron chi connectivity index (χ3n) is 5.73. The molecule has 28 heavy (non-hydrogen) atoms. The van der Waals surface area contributed by atoms with Gasteiger partial charge in [-0.1, -0.05) is 17.7 Å². The number of hydrogen-bond donors (Lipinski definition) is 1. The van der Waals surface area contributed by atoms with E-state index in [1.54, 1.807) is 0 Å². The molecule has 2 rings (SSSR count). The van der Waals surface area contributed by atoms with Crippen LogP contribution in [0.3, 0.4) is 0 Å². The molecule has 1 aromatic rings. The first-order valence-electron chi connectivity index (χ1n) is 10.4. The van der Waals surface area contributed by atoms with Gasteiger partial charge in [-0.05, 0) is 52.7 Å². The summed E-state index contributed by atoms with van der Waals surface area (Å²) in [4.78, 5) is 31.4. The highest BCUT2D eigenvalue weighted by Crippen LogP contribution is 2.22. The minimum Gasteiger partial charge on any atom is -0.342 e. The Morgan fingerprint density at radius 3 is 2.07 bits per heavy atom. The molecule has 1 fully saturated rings. The molecular formula is C22H36N4O2. The first-order valence-corrected chi connectivity index (χ1v) is 10.4. The van der Waals surface area contributed by atoms with E-state index in [2.05, 4.69) is 34.2 Å². The zero-order chi connectivity index (χ0) is 20.8. The third kappa shape index (κ3) is 5.55. The first kappa shape index (κ1) is 22.4. The van der Waals surface area contributed by atoms with E-state index in [4.69, 9.17) is 0 Å². The second-order valence-electron chi connectivity index (χ2n) is 7.82. The largest absolute Gasteiger partial charge is 0.342 e. The van der Waals surface area contributed by atoms with Gasteiger partial charge < -0.3 is 10.2 Å². The summed E-state index contributed by atoms with van der Waals surface area (Å²) >= 11 is 0. The predicted molar refractivity (Wildman–Crippen MR) is 115 cm³/mol. The van der Waals surface area contributed by atoms with Crippen LogP contribution in [0.1, 0.15) is 37.5 Å². The van der Waals surface area contributed by atoms with Gasteiger partial charge in [-0.15, -0.1) is 0 Å². The standard InChI is InChI=1S/C22H36N4O2/c1-7-25(8-2)20(27)15-24-9-11-26(12-10-24)19(6)22(28)23-21-17(4)13-16(3)14-18(21)5/h13-14,19H,7-12,15H2,1-6H3,(H,23,28). The number of carbonyl (C=O) groups excluding carboxylic acids is 2. The summed E-state index contributed by atoms with van der Waals surface area (Å²) in [6.07, 6.45) is 0. The molecule has 1 aliphatic heterocycles. The minimum atomic E-state index is -0.194. The van der Waals surface area contributed by atoms with E-state index in [1.807, 2.05) is 39.5 Å². The summed E-state index contributed by atoms with van der Waals surface area (Å²) in [5.74, 6) is 0.220. The average Bonchev–Trinajstić information content (AvgIpc) is 2.65. The van der Waals surface area contributed by atoms with E-state index in [-0.39, 0.29) is 17.9 Å². The molecule has 0 spiro atoms.